The number of nitrogens with two attached hydrogens (primary N) is 1. The Labute approximate surface area is 169 Å². The van der Waals surface area contributed by atoms with Crippen molar-refractivity contribution in [2.75, 3.05) is 12.4 Å². The molecule has 3 rings (SSSR count). The summed E-state index contributed by atoms with van der Waals surface area (Å²) in [6.07, 6.45) is 2.30. The van der Waals surface area contributed by atoms with Crippen LogP contribution >= 0.6 is 0 Å². The fraction of sp³-hybridized carbons (Fsp3) is 0.158. The molecule has 156 valence electrons. The van der Waals surface area contributed by atoms with Crippen LogP contribution in [0.25, 0.3) is 5.70 Å². The van der Waals surface area contributed by atoms with Crippen LogP contribution in [0, 0.1) is 11.6 Å². The third-order valence-electron chi connectivity index (χ3n) is 3.86. The minimum Gasteiger partial charge on any atom is -0.481 e. The molecule has 0 aliphatic heterocycles. The van der Waals surface area contributed by atoms with Gasteiger partial charge in [-0.3, -0.25) is 4.79 Å². The molecule has 0 atom stereocenters. The van der Waals surface area contributed by atoms with E-state index in [9.17, 15) is 13.6 Å². The number of aromatic nitrogens is 3. The number of H-pyrrole nitrogens is 1. The topological polar surface area (TPSA) is 131 Å². The summed E-state index contributed by atoms with van der Waals surface area (Å²) in [5.74, 6) is -0.834. The molecule has 0 spiro atoms. The molecule has 2 heterocycles. The second kappa shape index (κ2) is 9.45. The van der Waals surface area contributed by atoms with Crippen LogP contribution in [0.1, 0.15) is 17.1 Å². The number of aromatic amines is 1. The second-order valence-corrected chi connectivity index (χ2v) is 5.97. The fourth-order valence-electron chi connectivity index (χ4n) is 2.37. The summed E-state index contributed by atoms with van der Waals surface area (Å²) >= 11 is 0. The third-order valence-corrected chi connectivity index (χ3v) is 3.86. The summed E-state index contributed by atoms with van der Waals surface area (Å²) in [6, 6.07) is 7.44. The van der Waals surface area contributed by atoms with Gasteiger partial charge in [0.2, 0.25) is 5.90 Å². The Kier molecular flexibility index (Phi) is 6.53. The molecule has 30 heavy (non-hydrogen) atoms. The molecule has 0 unspecified atom stereocenters. The third kappa shape index (κ3) is 5.28. The summed E-state index contributed by atoms with van der Waals surface area (Å²) in [6.45, 7) is 0.0573. The summed E-state index contributed by atoms with van der Waals surface area (Å²) in [7, 11) is 1.38. The van der Waals surface area contributed by atoms with Crippen LogP contribution in [-0.4, -0.2) is 28.1 Å². The molecule has 0 radical (unpaired) electrons. The average molecular weight is 416 g/mol. The highest BCUT2D eigenvalue weighted by Crippen LogP contribution is 2.14. The van der Waals surface area contributed by atoms with Gasteiger partial charge in [-0.15, -0.1) is 0 Å². The number of nitrogens with one attached hydrogen (secondary N) is 2. The van der Waals surface area contributed by atoms with Gasteiger partial charge in [0.1, 0.15) is 5.82 Å². The van der Waals surface area contributed by atoms with E-state index in [-0.39, 0.29) is 47.9 Å². The molecular formula is C19H18F2N6O3. The maximum atomic E-state index is 14.0. The van der Waals surface area contributed by atoms with Crippen molar-refractivity contribution in [2.45, 2.75) is 13.1 Å². The lowest BCUT2D eigenvalue weighted by Crippen LogP contribution is -2.11. The predicted molar refractivity (Wildman–Crippen MR) is 105 cm³/mol. The number of halogens is 2. The van der Waals surface area contributed by atoms with E-state index in [4.69, 9.17) is 15.0 Å². The van der Waals surface area contributed by atoms with E-state index in [0.29, 0.717) is 5.56 Å². The van der Waals surface area contributed by atoms with Crippen LogP contribution in [0.5, 0.6) is 0 Å². The van der Waals surface area contributed by atoms with Crippen molar-refractivity contribution in [2.24, 2.45) is 10.7 Å². The van der Waals surface area contributed by atoms with E-state index in [1.807, 2.05) is 0 Å². The highest BCUT2D eigenvalue weighted by atomic mass is 19.1. The van der Waals surface area contributed by atoms with Gasteiger partial charge in [-0.1, -0.05) is 18.2 Å². The van der Waals surface area contributed by atoms with Crippen molar-refractivity contribution in [3.8, 4) is 0 Å². The number of benzene rings is 1. The van der Waals surface area contributed by atoms with Gasteiger partial charge in [0.15, 0.2) is 23.2 Å². The molecule has 0 saturated heterocycles. The van der Waals surface area contributed by atoms with Crippen LogP contribution in [-0.2, 0) is 17.8 Å². The summed E-state index contributed by atoms with van der Waals surface area (Å²) in [4.78, 5) is 23.1. The minimum atomic E-state index is -0.718. The second-order valence-electron chi connectivity index (χ2n) is 5.97. The van der Waals surface area contributed by atoms with E-state index in [1.165, 1.54) is 25.3 Å². The summed E-state index contributed by atoms with van der Waals surface area (Å²) in [5.41, 5.74) is 6.02. The monoisotopic (exact) mass is 416 g/mol. The molecule has 4 N–H and O–H groups in total. The number of rotatable bonds is 7. The lowest BCUT2D eigenvalue weighted by atomic mass is 10.2. The van der Waals surface area contributed by atoms with E-state index < -0.39 is 11.4 Å². The Bertz CT molecular complexity index is 1140. The van der Waals surface area contributed by atoms with Crippen molar-refractivity contribution in [3.05, 3.63) is 81.7 Å². The zero-order chi connectivity index (χ0) is 21.5. The maximum absolute atomic E-state index is 14.0. The molecule has 0 fully saturated rings. The van der Waals surface area contributed by atoms with Crippen molar-refractivity contribution in [1.29, 1.82) is 0 Å². The first-order valence-corrected chi connectivity index (χ1v) is 8.69. The van der Waals surface area contributed by atoms with E-state index in [1.54, 1.807) is 18.2 Å². The van der Waals surface area contributed by atoms with E-state index >= 15 is 0 Å². The van der Waals surface area contributed by atoms with Crippen LogP contribution in [0.15, 0.2) is 56.9 Å². The molecular weight excluding hydrogens is 398 g/mol. The number of ether oxygens (including phenoxy) is 1. The molecule has 0 saturated carbocycles. The van der Waals surface area contributed by atoms with Crippen LogP contribution in [0.2, 0.25) is 0 Å². The van der Waals surface area contributed by atoms with Crippen LogP contribution < -0.4 is 16.6 Å². The van der Waals surface area contributed by atoms with Gasteiger partial charge in [0.25, 0.3) is 5.56 Å². The van der Waals surface area contributed by atoms with Gasteiger partial charge in [-0.2, -0.15) is 5.16 Å². The van der Waals surface area contributed by atoms with Crippen molar-refractivity contribution in [3.63, 3.8) is 0 Å². The number of hydrogen-bond donors (Lipinski definition) is 3. The van der Waals surface area contributed by atoms with Crippen molar-refractivity contribution in [1.82, 2.24) is 15.1 Å². The molecule has 3 aromatic rings. The molecule has 11 heteroatoms. The highest BCUT2D eigenvalue weighted by Gasteiger charge is 2.11. The zero-order valence-corrected chi connectivity index (χ0v) is 15.9. The number of aliphatic imine (C=N–C) groups is 1. The quantitative estimate of drug-likeness (QED) is 0.397. The Morgan fingerprint density at radius 2 is 2.17 bits per heavy atom. The Balaban J connectivity index is 1.76. The van der Waals surface area contributed by atoms with Gasteiger partial charge in [0.05, 0.1) is 32.1 Å². The Morgan fingerprint density at radius 3 is 2.87 bits per heavy atom. The lowest BCUT2D eigenvalue weighted by molar-refractivity contribution is 0.383. The highest BCUT2D eigenvalue weighted by molar-refractivity contribution is 5.94. The number of nitrogens with zero attached hydrogens (tertiary/aromatic N) is 3. The average Bonchev–Trinajstić information content (AvgIpc) is 3.16. The normalized spacial score (nSPS) is 12.1. The molecule has 0 bridgehead atoms. The number of hydrogen-bond acceptors (Lipinski definition) is 8. The van der Waals surface area contributed by atoms with Gasteiger partial charge >= 0.3 is 0 Å². The van der Waals surface area contributed by atoms with Gasteiger partial charge in [-0.05, 0) is 6.07 Å². The van der Waals surface area contributed by atoms with Crippen LogP contribution in [0.3, 0.4) is 0 Å². The standard InChI is InChI=1S/C19H18F2N6O3/c1-29-17(23-8-11-4-2-3-5-13(11)20)7-15(22)19-25-10-14(21)18(26-19)24-9-12-6-16(28)27-30-12/h2-7,10H,8-9,22H2,1H3,(H,27,28)(H,24,25,26). The summed E-state index contributed by atoms with van der Waals surface area (Å²) in [5, 5.41) is 4.82. The number of methoxy groups -OCH3 is 1. The minimum absolute atomic E-state index is 0.0170. The van der Waals surface area contributed by atoms with E-state index in [0.717, 1.165) is 6.20 Å². The van der Waals surface area contributed by atoms with Gasteiger partial charge < -0.3 is 20.3 Å². The molecule has 2 aromatic heterocycles. The Hall–Kier alpha value is -4.02. The molecule has 0 aliphatic carbocycles. The predicted octanol–water partition coefficient (Wildman–Crippen LogP) is 2.19. The van der Waals surface area contributed by atoms with Gasteiger partial charge in [-0.25, -0.2) is 23.7 Å². The van der Waals surface area contributed by atoms with Gasteiger partial charge in [0, 0.05) is 17.7 Å². The molecule has 0 amide bonds. The lowest BCUT2D eigenvalue weighted by Gasteiger charge is -2.07. The first kappa shape index (κ1) is 20.7. The molecule has 9 nitrogen and oxygen atoms in total. The molecule has 1 aromatic carbocycles. The smallest absolute Gasteiger partial charge is 0.280 e. The first-order chi connectivity index (χ1) is 14.5. The van der Waals surface area contributed by atoms with Crippen molar-refractivity contribution < 1.29 is 18.0 Å². The van der Waals surface area contributed by atoms with Crippen molar-refractivity contribution >= 4 is 17.4 Å². The summed E-state index contributed by atoms with van der Waals surface area (Å²) < 4.78 is 37.7. The van der Waals surface area contributed by atoms with Crippen LogP contribution in [0.4, 0.5) is 14.6 Å². The molecule has 0 aliphatic rings. The Morgan fingerprint density at radius 1 is 1.37 bits per heavy atom. The number of anilines is 1. The van der Waals surface area contributed by atoms with E-state index in [2.05, 4.69) is 25.4 Å². The first-order valence-electron chi connectivity index (χ1n) is 8.69. The largest absolute Gasteiger partial charge is 0.481 e. The zero-order valence-electron chi connectivity index (χ0n) is 15.9. The maximum Gasteiger partial charge on any atom is 0.280 e. The SMILES string of the molecule is COC(C=C(N)c1ncc(F)c(NCc2cc(=O)[nH]o2)n1)=NCc1ccccc1F. The fourth-order valence-corrected chi connectivity index (χ4v) is 2.37.